The number of nitrogens with zero attached hydrogens (tertiary/aromatic N) is 3. The Kier molecular flexibility index (Phi) is 3.02. The number of pyridine rings is 1. The quantitative estimate of drug-likeness (QED) is 0.783. The van der Waals surface area contributed by atoms with Crippen molar-refractivity contribution in [2.75, 3.05) is 0 Å². The Hall–Kier alpha value is -2.21. The van der Waals surface area contributed by atoms with Gasteiger partial charge in [-0.1, -0.05) is 6.07 Å². The minimum atomic E-state index is -0.928. The van der Waals surface area contributed by atoms with E-state index in [4.69, 9.17) is 5.11 Å². The Balaban J connectivity index is 2.18. The molecule has 2 aromatic heterocycles. The molecule has 1 N–H and O–H groups in total. The molecular formula is C14H10BrN3O2. The summed E-state index contributed by atoms with van der Waals surface area (Å²) in [5.74, 6) is -0.246. The summed E-state index contributed by atoms with van der Waals surface area (Å²) in [5, 5.41) is 17.3. The molecule has 0 fully saturated rings. The van der Waals surface area contributed by atoms with E-state index in [2.05, 4.69) is 26.1 Å². The average molecular weight is 332 g/mol. The third-order valence-corrected chi connectivity index (χ3v) is 3.55. The van der Waals surface area contributed by atoms with Gasteiger partial charge in [-0.3, -0.25) is 4.40 Å². The highest BCUT2D eigenvalue weighted by Crippen LogP contribution is 2.23. The first-order valence-corrected chi connectivity index (χ1v) is 6.70. The highest BCUT2D eigenvalue weighted by molar-refractivity contribution is 9.10. The second-order valence-electron chi connectivity index (χ2n) is 4.43. The van der Waals surface area contributed by atoms with Gasteiger partial charge in [0.1, 0.15) is 0 Å². The van der Waals surface area contributed by atoms with Crippen LogP contribution in [-0.2, 0) is 0 Å². The Morgan fingerprint density at radius 1 is 1.25 bits per heavy atom. The highest BCUT2D eigenvalue weighted by Gasteiger charge is 2.12. The van der Waals surface area contributed by atoms with Crippen molar-refractivity contribution in [2.45, 2.75) is 6.92 Å². The number of benzene rings is 1. The van der Waals surface area contributed by atoms with Crippen LogP contribution in [0.5, 0.6) is 0 Å². The predicted octanol–water partition coefficient (Wildman–Crippen LogP) is 3.17. The number of rotatable bonds is 2. The smallest absolute Gasteiger partial charge is 0.335 e. The minimum Gasteiger partial charge on any atom is -0.478 e. The molecule has 0 aliphatic carbocycles. The van der Waals surface area contributed by atoms with Crippen molar-refractivity contribution in [3.05, 3.63) is 52.1 Å². The number of hydrogen-bond donors (Lipinski definition) is 1. The molecule has 0 spiro atoms. The van der Waals surface area contributed by atoms with Crippen molar-refractivity contribution in [1.82, 2.24) is 14.6 Å². The fourth-order valence-corrected chi connectivity index (χ4v) is 2.44. The van der Waals surface area contributed by atoms with E-state index < -0.39 is 5.97 Å². The minimum absolute atomic E-state index is 0.295. The van der Waals surface area contributed by atoms with Crippen LogP contribution >= 0.6 is 15.9 Å². The number of fused-ring (bicyclic) bond motifs is 1. The number of carboxylic acid groups (broad SMARTS) is 1. The predicted molar refractivity (Wildman–Crippen MR) is 77.8 cm³/mol. The molecule has 0 amide bonds. The first kappa shape index (κ1) is 12.8. The lowest BCUT2D eigenvalue weighted by molar-refractivity contribution is 0.0696. The SMILES string of the molecule is Cc1cc(-c2nnc3ccc(Br)cn23)ccc1C(=O)O. The van der Waals surface area contributed by atoms with Crippen LogP contribution in [0.15, 0.2) is 41.0 Å². The van der Waals surface area contributed by atoms with Crippen LogP contribution in [0.4, 0.5) is 0 Å². The Bertz CT molecular complexity index is 826. The summed E-state index contributed by atoms with van der Waals surface area (Å²) in [7, 11) is 0. The van der Waals surface area contributed by atoms with Crippen LogP contribution in [0.1, 0.15) is 15.9 Å². The average Bonchev–Trinajstić information content (AvgIpc) is 2.81. The van der Waals surface area contributed by atoms with Gasteiger partial charge in [0.2, 0.25) is 0 Å². The molecule has 5 nitrogen and oxygen atoms in total. The van der Waals surface area contributed by atoms with E-state index in [9.17, 15) is 4.79 Å². The summed E-state index contributed by atoms with van der Waals surface area (Å²) in [4.78, 5) is 11.0. The van der Waals surface area contributed by atoms with Gasteiger partial charge in [-0.2, -0.15) is 0 Å². The standard InChI is InChI=1S/C14H10BrN3O2/c1-8-6-9(2-4-11(8)14(19)20)13-17-16-12-5-3-10(15)7-18(12)13/h2-7H,1H3,(H,19,20). The van der Waals surface area contributed by atoms with E-state index in [1.54, 1.807) is 25.1 Å². The van der Waals surface area contributed by atoms with Gasteiger partial charge in [0.25, 0.3) is 0 Å². The zero-order valence-corrected chi connectivity index (χ0v) is 12.1. The molecule has 100 valence electrons. The zero-order valence-electron chi connectivity index (χ0n) is 10.5. The van der Waals surface area contributed by atoms with Gasteiger partial charge in [-0.15, -0.1) is 10.2 Å². The number of aromatic carboxylic acids is 1. The molecule has 0 saturated carbocycles. The van der Waals surface area contributed by atoms with E-state index in [0.29, 0.717) is 17.0 Å². The van der Waals surface area contributed by atoms with Crippen molar-refractivity contribution in [3.63, 3.8) is 0 Å². The second kappa shape index (κ2) is 4.72. The van der Waals surface area contributed by atoms with Gasteiger partial charge in [0, 0.05) is 16.2 Å². The first-order chi connectivity index (χ1) is 9.56. The Morgan fingerprint density at radius 2 is 2.05 bits per heavy atom. The molecule has 0 saturated heterocycles. The summed E-state index contributed by atoms with van der Waals surface area (Å²) in [6, 6.07) is 8.90. The normalized spacial score (nSPS) is 10.9. The molecule has 6 heteroatoms. The number of carboxylic acids is 1. The molecule has 20 heavy (non-hydrogen) atoms. The van der Waals surface area contributed by atoms with E-state index in [0.717, 1.165) is 15.7 Å². The molecule has 0 unspecified atom stereocenters. The molecule has 0 atom stereocenters. The summed E-state index contributed by atoms with van der Waals surface area (Å²) >= 11 is 3.41. The Morgan fingerprint density at radius 3 is 2.75 bits per heavy atom. The van der Waals surface area contributed by atoms with Gasteiger partial charge >= 0.3 is 5.97 Å². The van der Waals surface area contributed by atoms with Gasteiger partial charge in [0.15, 0.2) is 11.5 Å². The molecule has 3 rings (SSSR count). The van der Waals surface area contributed by atoms with Crippen molar-refractivity contribution in [3.8, 4) is 11.4 Å². The monoisotopic (exact) mass is 331 g/mol. The molecule has 1 aromatic carbocycles. The maximum atomic E-state index is 11.0. The topological polar surface area (TPSA) is 67.5 Å². The van der Waals surface area contributed by atoms with Gasteiger partial charge < -0.3 is 5.11 Å². The van der Waals surface area contributed by atoms with Crippen LogP contribution in [0.25, 0.3) is 17.0 Å². The van der Waals surface area contributed by atoms with Crippen LogP contribution in [0.3, 0.4) is 0 Å². The maximum absolute atomic E-state index is 11.0. The van der Waals surface area contributed by atoms with Gasteiger partial charge in [-0.05, 0) is 52.7 Å². The van der Waals surface area contributed by atoms with Crippen LogP contribution in [-0.4, -0.2) is 25.7 Å². The number of aryl methyl sites for hydroxylation is 1. The second-order valence-corrected chi connectivity index (χ2v) is 5.35. The van der Waals surface area contributed by atoms with Crippen molar-refractivity contribution < 1.29 is 9.90 Å². The molecule has 0 aliphatic rings. The summed E-state index contributed by atoms with van der Waals surface area (Å²) in [5.41, 5.74) is 2.56. The summed E-state index contributed by atoms with van der Waals surface area (Å²) < 4.78 is 2.78. The lowest BCUT2D eigenvalue weighted by Crippen LogP contribution is -2.00. The number of carbonyl (C=O) groups is 1. The van der Waals surface area contributed by atoms with E-state index in [-0.39, 0.29) is 0 Å². The molecule has 3 aromatic rings. The molecule has 0 aliphatic heterocycles. The molecule has 2 heterocycles. The van der Waals surface area contributed by atoms with Crippen LogP contribution in [0.2, 0.25) is 0 Å². The van der Waals surface area contributed by atoms with Crippen molar-refractivity contribution in [2.24, 2.45) is 0 Å². The molecular weight excluding hydrogens is 322 g/mol. The van der Waals surface area contributed by atoms with E-state index >= 15 is 0 Å². The summed E-state index contributed by atoms with van der Waals surface area (Å²) in [6.07, 6.45) is 1.88. The third kappa shape index (κ3) is 2.08. The van der Waals surface area contributed by atoms with E-state index in [1.165, 1.54) is 0 Å². The van der Waals surface area contributed by atoms with Gasteiger partial charge in [-0.25, -0.2) is 4.79 Å². The third-order valence-electron chi connectivity index (χ3n) is 3.08. The van der Waals surface area contributed by atoms with Gasteiger partial charge in [0.05, 0.1) is 5.56 Å². The number of hydrogen-bond acceptors (Lipinski definition) is 3. The largest absolute Gasteiger partial charge is 0.478 e. The van der Waals surface area contributed by atoms with Crippen LogP contribution in [0, 0.1) is 6.92 Å². The Labute approximate surface area is 123 Å². The zero-order chi connectivity index (χ0) is 14.3. The fraction of sp³-hybridized carbons (Fsp3) is 0.0714. The molecule has 0 radical (unpaired) electrons. The lowest BCUT2D eigenvalue weighted by atomic mass is 10.0. The maximum Gasteiger partial charge on any atom is 0.335 e. The summed E-state index contributed by atoms with van der Waals surface area (Å²) in [6.45, 7) is 1.77. The fourth-order valence-electron chi connectivity index (χ4n) is 2.10. The first-order valence-electron chi connectivity index (χ1n) is 5.91. The lowest BCUT2D eigenvalue weighted by Gasteiger charge is -2.04. The van der Waals surface area contributed by atoms with E-state index in [1.807, 2.05) is 22.7 Å². The van der Waals surface area contributed by atoms with Crippen molar-refractivity contribution >= 4 is 27.5 Å². The number of halogens is 1. The molecule has 0 bridgehead atoms. The van der Waals surface area contributed by atoms with Crippen LogP contribution < -0.4 is 0 Å². The highest BCUT2D eigenvalue weighted by atomic mass is 79.9. The number of aromatic nitrogens is 3. The van der Waals surface area contributed by atoms with Crippen molar-refractivity contribution in [1.29, 1.82) is 0 Å².